The van der Waals surface area contributed by atoms with E-state index in [9.17, 15) is 0 Å². The van der Waals surface area contributed by atoms with E-state index in [2.05, 4.69) is 26.0 Å². The van der Waals surface area contributed by atoms with Crippen molar-refractivity contribution in [1.82, 2.24) is 0 Å². The smallest absolute Gasteiger partial charge is 0.222 e. The fraction of sp³-hybridized carbons (Fsp3) is 0.273. The number of fused-ring (bicyclic) bond motifs is 1. The molecule has 15 heavy (non-hydrogen) atoms. The molecule has 0 amide bonds. The molecule has 0 fully saturated rings. The van der Waals surface area contributed by atoms with Crippen molar-refractivity contribution < 1.29 is 9.59 Å². The number of benzene rings is 1. The Hall–Kier alpha value is -2.02. The van der Waals surface area contributed by atoms with Crippen LogP contribution in [0, 0.1) is 24.7 Å². The minimum Gasteiger partial charge on any atom is -0.222 e. The number of carbonyl (C=O) groups excluding carboxylic acids is 2. The maximum atomic E-state index is 8.35. The van der Waals surface area contributed by atoms with Crippen LogP contribution in [0.4, 0.5) is 0 Å². The Labute approximate surface area is 89.0 Å². The van der Waals surface area contributed by atoms with Gasteiger partial charge in [-0.3, -0.25) is 0 Å². The van der Waals surface area contributed by atoms with Gasteiger partial charge in [0, 0.05) is 0 Å². The van der Waals surface area contributed by atoms with Crippen LogP contribution in [-0.2, 0) is 9.59 Å². The highest BCUT2D eigenvalue weighted by Crippen LogP contribution is 2.40. The molecule has 0 aliphatic heterocycles. The van der Waals surface area contributed by atoms with Crippen molar-refractivity contribution in [2.24, 2.45) is 0 Å². The van der Waals surface area contributed by atoms with Gasteiger partial charge in [0.1, 0.15) is 0 Å². The van der Waals surface area contributed by atoms with Crippen LogP contribution >= 0.6 is 0 Å². The summed E-state index contributed by atoms with van der Waals surface area (Å²) in [7, 11) is 0. The molecule has 0 spiro atoms. The third-order valence-corrected chi connectivity index (χ3v) is 2.08. The molecule has 0 aromatic carbocycles. The topological polar surface area (TPSA) is 81.8 Å². The standard InChI is InChI=1S/C8H8.2CHNO.CH4/c1-5-6(2)8-4-3-7(5)8;2*2-1-3;/h3-4H,1-2H3;2*2H;1H4. The van der Waals surface area contributed by atoms with Gasteiger partial charge in [-0.05, 0) is 36.1 Å². The Morgan fingerprint density at radius 1 is 0.933 bits per heavy atom. The first-order chi connectivity index (χ1) is 6.63. The molecule has 2 N–H and O–H groups in total. The molecule has 0 saturated carbocycles. The highest BCUT2D eigenvalue weighted by atomic mass is 16.1. The Balaban J connectivity index is 0. The summed E-state index contributed by atoms with van der Waals surface area (Å²) in [5.74, 6) is 0. The minimum absolute atomic E-state index is 0. The van der Waals surface area contributed by atoms with Crippen molar-refractivity contribution in [1.29, 1.82) is 10.8 Å². The second kappa shape index (κ2) is 7.39. The highest BCUT2D eigenvalue weighted by molar-refractivity contribution is 5.85. The Kier molecular flexibility index (Phi) is 7.61. The molecule has 2 aliphatic rings. The molecule has 0 unspecified atom stereocenters. The molecule has 0 radical (unpaired) electrons. The largest absolute Gasteiger partial charge is 0.231 e. The van der Waals surface area contributed by atoms with Crippen LogP contribution in [0.3, 0.4) is 0 Å². The molecular formula is C11H14N2O2. The molecule has 80 valence electrons. The fourth-order valence-corrected chi connectivity index (χ4v) is 1.25. The van der Waals surface area contributed by atoms with Crippen molar-refractivity contribution in [3.8, 4) is 11.1 Å². The molecule has 0 saturated heterocycles. The summed E-state index contributed by atoms with van der Waals surface area (Å²) in [6.07, 6.45) is 1.50. The summed E-state index contributed by atoms with van der Waals surface area (Å²) in [6, 6.07) is 4.36. The Morgan fingerprint density at radius 3 is 1.20 bits per heavy atom. The van der Waals surface area contributed by atoms with E-state index in [0.29, 0.717) is 0 Å². The van der Waals surface area contributed by atoms with Gasteiger partial charge in [0.2, 0.25) is 12.2 Å². The summed E-state index contributed by atoms with van der Waals surface area (Å²) >= 11 is 0. The third kappa shape index (κ3) is 3.31. The summed E-state index contributed by atoms with van der Waals surface area (Å²) in [6.45, 7) is 4.36. The minimum atomic E-state index is 0. The Morgan fingerprint density at radius 2 is 1.13 bits per heavy atom. The van der Waals surface area contributed by atoms with Crippen molar-refractivity contribution in [3.05, 3.63) is 23.3 Å². The molecule has 4 heteroatoms. The van der Waals surface area contributed by atoms with E-state index in [1.807, 2.05) is 0 Å². The van der Waals surface area contributed by atoms with E-state index in [1.165, 1.54) is 22.3 Å². The van der Waals surface area contributed by atoms with Gasteiger partial charge in [0.15, 0.2) is 0 Å². The van der Waals surface area contributed by atoms with Gasteiger partial charge in [0.05, 0.1) is 0 Å². The van der Waals surface area contributed by atoms with Crippen LogP contribution in [0.15, 0.2) is 12.1 Å². The lowest BCUT2D eigenvalue weighted by atomic mass is 9.81. The summed E-state index contributed by atoms with van der Waals surface area (Å²) in [5.41, 5.74) is 5.95. The fourth-order valence-electron chi connectivity index (χ4n) is 1.25. The first-order valence-corrected chi connectivity index (χ1v) is 3.82. The molecule has 0 bridgehead atoms. The van der Waals surface area contributed by atoms with Crippen LogP contribution in [0.2, 0.25) is 0 Å². The second-order valence-corrected chi connectivity index (χ2v) is 2.61. The van der Waals surface area contributed by atoms with Crippen molar-refractivity contribution in [2.45, 2.75) is 21.3 Å². The highest BCUT2D eigenvalue weighted by Gasteiger charge is 2.17. The third-order valence-electron chi connectivity index (χ3n) is 2.08. The van der Waals surface area contributed by atoms with Gasteiger partial charge in [-0.15, -0.1) is 0 Å². The zero-order valence-corrected chi connectivity index (χ0v) is 7.97. The van der Waals surface area contributed by atoms with Gasteiger partial charge in [0.25, 0.3) is 0 Å². The summed E-state index contributed by atoms with van der Waals surface area (Å²) in [5, 5.41) is 10.8. The quantitative estimate of drug-likeness (QED) is 0.513. The van der Waals surface area contributed by atoms with Crippen molar-refractivity contribution >= 4 is 12.2 Å². The maximum absolute atomic E-state index is 8.35. The van der Waals surface area contributed by atoms with E-state index in [1.54, 1.807) is 0 Å². The molecule has 0 aromatic rings. The monoisotopic (exact) mass is 206 g/mol. The van der Waals surface area contributed by atoms with Crippen LogP contribution in [-0.4, -0.2) is 12.2 Å². The lowest BCUT2D eigenvalue weighted by Gasteiger charge is -2.23. The van der Waals surface area contributed by atoms with Gasteiger partial charge >= 0.3 is 0 Å². The van der Waals surface area contributed by atoms with Gasteiger partial charge in [-0.1, -0.05) is 19.6 Å². The summed E-state index contributed by atoms with van der Waals surface area (Å²) in [4.78, 5) is 16.7. The number of rotatable bonds is 0. The van der Waals surface area contributed by atoms with E-state index in [-0.39, 0.29) is 7.43 Å². The maximum Gasteiger partial charge on any atom is 0.231 e. The lowest BCUT2D eigenvalue weighted by molar-refractivity contribution is 0.562. The number of isocyanates is 2. The van der Waals surface area contributed by atoms with Crippen LogP contribution in [0.25, 0.3) is 11.1 Å². The zero-order chi connectivity index (χ0) is 11.1. The van der Waals surface area contributed by atoms with Gasteiger partial charge < -0.3 is 0 Å². The number of nitrogens with one attached hydrogen (secondary N) is 2. The van der Waals surface area contributed by atoms with E-state index >= 15 is 0 Å². The SMILES string of the molecule is C.Cc1c2ccc-2c1C.N=C=O.N=C=O. The number of hydrogen-bond acceptors (Lipinski definition) is 4. The van der Waals surface area contributed by atoms with E-state index in [0.717, 1.165) is 12.2 Å². The molecule has 2 rings (SSSR count). The number of hydrogen-bond donors (Lipinski definition) is 2. The molecule has 0 aromatic heterocycles. The molecule has 4 nitrogen and oxygen atoms in total. The van der Waals surface area contributed by atoms with Crippen LogP contribution in [0.5, 0.6) is 0 Å². The normalized spacial score (nSPS) is 7.33. The van der Waals surface area contributed by atoms with Crippen LogP contribution in [0.1, 0.15) is 18.6 Å². The first kappa shape index (κ1) is 15.5. The van der Waals surface area contributed by atoms with Crippen molar-refractivity contribution in [3.63, 3.8) is 0 Å². The average Bonchev–Trinajstić information content (AvgIpc) is 2.05. The molecule has 0 heterocycles. The van der Waals surface area contributed by atoms with E-state index in [4.69, 9.17) is 20.4 Å². The van der Waals surface area contributed by atoms with Gasteiger partial charge in [-0.2, -0.15) is 0 Å². The molecular weight excluding hydrogens is 192 g/mol. The predicted molar refractivity (Wildman–Crippen MR) is 58.5 cm³/mol. The molecule has 0 atom stereocenters. The Bertz CT molecular complexity index is 360. The van der Waals surface area contributed by atoms with Crippen LogP contribution < -0.4 is 0 Å². The van der Waals surface area contributed by atoms with Gasteiger partial charge in [-0.25, -0.2) is 20.4 Å². The summed E-state index contributed by atoms with van der Waals surface area (Å²) < 4.78 is 0. The second-order valence-electron chi connectivity index (χ2n) is 2.61. The van der Waals surface area contributed by atoms with E-state index < -0.39 is 0 Å². The lowest BCUT2D eigenvalue weighted by Crippen LogP contribution is -2.01. The predicted octanol–water partition coefficient (Wildman–Crippen LogP) is 2.72. The van der Waals surface area contributed by atoms with Crippen molar-refractivity contribution in [2.75, 3.05) is 0 Å². The zero-order valence-electron chi connectivity index (χ0n) is 7.97. The molecule has 2 aliphatic carbocycles. The average molecular weight is 206 g/mol. The first-order valence-electron chi connectivity index (χ1n) is 3.82.